The number of aliphatic hydroxyl groups is 1. The van der Waals surface area contributed by atoms with Gasteiger partial charge in [-0.25, -0.2) is 4.39 Å². The van der Waals surface area contributed by atoms with Crippen LogP contribution in [0.5, 0.6) is 0 Å². The Morgan fingerprint density at radius 3 is 2.85 bits per heavy atom. The molecule has 1 aliphatic heterocycles. The van der Waals surface area contributed by atoms with Crippen molar-refractivity contribution >= 4 is 11.6 Å². The Labute approximate surface area is 115 Å². The summed E-state index contributed by atoms with van der Waals surface area (Å²) < 4.78 is 19.3. The van der Waals surface area contributed by atoms with Gasteiger partial charge in [-0.3, -0.25) is 4.79 Å². The van der Waals surface area contributed by atoms with Crippen molar-refractivity contribution in [3.63, 3.8) is 0 Å². The predicted molar refractivity (Wildman–Crippen MR) is 70.9 cm³/mol. The zero-order chi connectivity index (χ0) is 14.3. The molecule has 0 aliphatic carbocycles. The Hall–Kier alpha value is -2.14. The minimum Gasteiger partial charge on any atom is -0.469 e. The number of anilines is 1. The summed E-state index contributed by atoms with van der Waals surface area (Å²) in [4.78, 5) is 11.3. The highest BCUT2D eigenvalue weighted by atomic mass is 19.1. The lowest BCUT2D eigenvalue weighted by molar-refractivity contribution is -0.116. The lowest BCUT2D eigenvalue weighted by Gasteiger charge is -2.20. The molecule has 1 amide bonds. The lowest BCUT2D eigenvalue weighted by atomic mass is 9.95. The highest BCUT2D eigenvalue weighted by molar-refractivity contribution is 5.93. The summed E-state index contributed by atoms with van der Waals surface area (Å²) in [7, 11) is 0. The summed E-state index contributed by atoms with van der Waals surface area (Å²) in [5, 5.41) is 12.9. The average Bonchev–Trinajstić information content (AvgIpc) is 2.83. The van der Waals surface area contributed by atoms with Crippen molar-refractivity contribution in [2.45, 2.75) is 25.9 Å². The van der Waals surface area contributed by atoms with Gasteiger partial charge in [-0.2, -0.15) is 0 Å². The van der Waals surface area contributed by atoms with Gasteiger partial charge >= 0.3 is 0 Å². The molecule has 2 heterocycles. The number of amides is 1. The van der Waals surface area contributed by atoms with E-state index in [0.29, 0.717) is 29.9 Å². The fourth-order valence-electron chi connectivity index (χ4n) is 2.48. The molecule has 1 aromatic heterocycles. The molecule has 0 radical (unpaired) electrons. The van der Waals surface area contributed by atoms with E-state index >= 15 is 0 Å². The van der Waals surface area contributed by atoms with Gasteiger partial charge in [0.1, 0.15) is 17.7 Å². The predicted octanol–water partition coefficient (Wildman–Crippen LogP) is 2.69. The third kappa shape index (κ3) is 2.10. The highest BCUT2D eigenvalue weighted by Crippen LogP contribution is 2.32. The molecule has 2 aromatic rings. The molecule has 104 valence electrons. The minimum absolute atomic E-state index is 0.115. The molecule has 0 bridgehead atoms. The molecular weight excluding hydrogens is 261 g/mol. The van der Waals surface area contributed by atoms with Gasteiger partial charge in [0.15, 0.2) is 0 Å². The summed E-state index contributed by atoms with van der Waals surface area (Å²) >= 11 is 0. The molecule has 2 N–H and O–H groups in total. The first-order chi connectivity index (χ1) is 9.56. The Bertz CT molecular complexity index is 678. The summed E-state index contributed by atoms with van der Waals surface area (Å²) in [5.74, 6) is -0.0992. The van der Waals surface area contributed by atoms with Crippen molar-refractivity contribution in [1.29, 1.82) is 0 Å². The molecule has 0 spiro atoms. The van der Waals surface area contributed by atoms with E-state index in [-0.39, 0.29) is 11.5 Å². The Kier molecular flexibility index (Phi) is 3.06. The van der Waals surface area contributed by atoms with Crippen molar-refractivity contribution in [2.75, 3.05) is 5.32 Å². The van der Waals surface area contributed by atoms with Crippen molar-refractivity contribution in [3.8, 4) is 0 Å². The molecular formula is C15H14FNO3. The topological polar surface area (TPSA) is 62.5 Å². The number of carbonyl (C=O) groups excluding carboxylic acids is 1. The summed E-state index contributed by atoms with van der Waals surface area (Å²) in [6.07, 6.45) is 1.31. The Morgan fingerprint density at radius 1 is 1.35 bits per heavy atom. The minimum atomic E-state index is -1.07. The van der Waals surface area contributed by atoms with E-state index in [2.05, 4.69) is 5.32 Å². The second-order valence-electron chi connectivity index (χ2n) is 4.91. The molecule has 5 heteroatoms. The quantitative estimate of drug-likeness (QED) is 0.885. The Morgan fingerprint density at radius 2 is 2.15 bits per heavy atom. The highest BCUT2D eigenvalue weighted by Gasteiger charge is 2.23. The van der Waals surface area contributed by atoms with Crippen molar-refractivity contribution < 1.29 is 18.7 Å². The third-order valence-corrected chi connectivity index (χ3v) is 3.61. The van der Waals surface area contributed by atoms with Gasteiger partial charge in [-0.1, -0.05) is 0 Å². The zero-order valence-electron chi connectivity index (χ0n) is 10.9. The number of aliphatic hydroxyl groups excluding tert-OH is 1. The number of hydrogen-bond donors (Lipinski definition) is 2. The van der Waals surface area contributed by atoms with E-state index < -0.39 is 11.9 Å². The van der Waals surface area contributed by atoms with Crippen LogP contribution in [0.2, 0.25) is 0 Å². The first-order valence-corrected chi connectivity index (χ1v) is 6.40. The van der Waals surface area contributed by atoms with E-state index in [1.165, 1.54) is 12.3 Å². The summed E-state index contributed by atoms with van der Waals surface area (Å²) in [5.41, 5.74) is 2.06. The van der Waals surface area contributed by atoms with Crippen LogP contribution in [0, 0.1) is 12.7 Å². The van der Waals surface area contributed by atoms with E-state index in [9.17, 15) is 14.3 Å². The molecule has 1 atom stereocenters. The number of benzene rings is 1. The molecule has 4 nitrogen and oxygen atoms in total. The van der Waals surface area contributed by atoms with Crippen LogP contribution in [-0.2, 0) is 11.2 Å². The largest absolute Gasteiger partial charge is 0.469 e. The molecule has 0 saturated carbocycles. The van der Waals surface area contributed by atoms with Gasteiger partial charge in [-0.15, -0.1) is 0 Å². The number of rotatable bonds is 2. The zero-order valence-corrected chi connectivity index (χ0v) is 10.9. The van der Waals surface area contributed by atoms with Gasteiger partial charge in [-0.05, 0) is 37.1 Å². The number of aryl methyl sites for hydroxylation is 2. The van der Waals surface area contributed by atoms with Crippen LogP contribution in [0.3, 0.4) is 0 Å². The average molecular weight is 275 g/mol. The standard InChI is InChI=1S/C15H14FNO3/c1-8-10(4-5-20-8)15(19)11-6-9-2-3-14(18)17-13(9)7-12(11)16/h4-7,15,19H,2-3H2,1H3,(H,17,18). The van der Waals surface area contributed by atoms with E-state index in [1.54, 1.807) is 19.1 Å². The van der Waals surface area contributed by atoms with Crippen molar-refractivity contribution in [3.05, 3.63) is 52.7 Å². The van der Waals surface area contributed by atoms with Crippen LogP contribution >= 0.6 is 0 Å². The maximum atomic E-state index is 14.1. The third-order valence-electron chi connectivity index (χ3n) is 3.61. The SMILES string of the molecule is Cc1occc1C(O)c1cc2c(cc1F)NC(=O)CC2. The summed E-state index contributed by atoms with van der Waals surface area (Å²) in [6, 6.07) is 4.50. The molecule has 0 fully saturated rings. The van der Waals surface area contributed by atoms with Crippen LogP contribution < -0.4 is 5.32 Å². The monoisotopic (exact) mass is 275 g/mol. The molecule has 20 heavy (non-hydrogen) atoms. The maximum Gasteiger partial charge on any atom is 0.224 e. The van der Waals surface area contributed by atoms with Gasteiger partial charge < -0.3 is 14.8 Å². The molecule has 1 unspecified atom stereocenters. The smallest absolute Gasteiger partial charge is 0.224 e. The molecule has 1 aromatic carbocycles. The maximum absolute atomic E-state index is 14.1. The first-order valence-electron chi connectivity index (χ1n) is 6.40. The van der Waals surface area contributed by atoms with Crippen LogP contribution in [-0.4, -0.2) is 11.0 Å². The number of halogens is 1. The summed E-state index contributed by atoms with van der Waals surface area (Å²) in [6.45, 7) is 1.72. The van der Waals surface area contributed by atoms with E-state index in [4.69, 9.17) is 4.42 Å². The van der Waals surface area contributed by atoms with Gasteiger partial charge in [0, 0.05) is 23.2 Å². The van der Waals surface area contributed by atoms with Crippen LogP contribution in [0.25, 0.3) is 0 Å². The fourth-order valence-corrected chi connectivity index (χ4v) is 2.48. The number of furan rings is 1. The number of hydrogen-bond acceptors (Lipinski definition) is 3. The second-order valence-corrected chi connectivity index (χ2v) is 4.91. The van der Waals surface area contributed by atoms with Crippen molar-refractivity contribution in [2.24, 2.45) is 0 Å². The number of carbonyl (C=O) groups is 1. The normalized spacial score (nSPS) is 15.7. The lowest BCUT2D eigenvalue weighted by Crippen LogP contribution is -2.20. The molecule has 1 aliphatic rings. The second kappa shape index (κ2) is 4.76. The van der Waals surface area contributed by atoms with Crippen molar-refractivity contribution in [1.82, 2.24) is 0 Å². The van der Waals surface area contributed by atoms with Gasteiger partial charge in [0.25, 0.3) is 0 Å². The van der Waals surface area contributed by atoms with E-state index in [0.717, 1.165) is 5.56 Å². The van der Waals surface area contributed by atoms with Crippen LogP contribution in [0.15, 0.2) is 28.9 Å². The van der Waals surface area contributed by atoms with Crippen LogP contribution in [0.1, 0.15) is 35.0 Å². The molecule has 0 saturated heterocycles. The van der Waals surface area contributed by atoms with Gasteiger partial charge in [0.05, 0.1) is 6.26 Å². The molecule has 3 rings (SSSR count). The van der Waals surface area contributed by atoms with Crippen LogP contribution in [0.4, 0.5) is 10.1 Å². The fraction of sp³-hybridized carbons (Fsp3) is 0.267. The first kappa shape index (κ1) is 12.9. The van der Waals surface area contributed by atoms with Gasteiger partial charge in [0.2, 0.25) is 5.91 Å². The number of nitrogens with one attached hydrogen (secondary N) is 1. The number of fused-ring (bicyclic) bond motifs is 1. The Balaban J connectivity index is 2.02. The van der Waals surface area contributed by atoms with E-state index in [1.807, 2.05) is 0 Å².